The number of nitrogens with one attached hydrogen (secondary N) is 1. The van der Waals surface area contributed by atoms with Gasteiger partial charge in [-0.15, -0.1) is 0 Å². The van der Waals surface area contributed by atoms with Gasteiger partial charge in [0.05, 0.1) is 13.0 Å². The van der Waals surface area contributed by atoms with E-state index in [4.69, 9.17) is 15.2 Å². The summed E-state index contributed by atoms with van der Waals surface area (Å²) in [5.74, 6) is -0.881. The molecule has 0 saturated carbocycles. The van der Waals surface area contributed by atoms with Gasteiger partial charge in [-0.3, -0.25) is 14.4 Å². The zero-order valence-electron chi connectivity index (χ0n) is 16.4. The van der Waals surface area contributed by atoms with Crippen LogP contribution >= 0.6 is 0 Å². The van der Waals surface area contributed by atoms with Crippen molar-refractivity contribution in [3.05, 3.63) is 65.7 Å². The van der Waals surface area contributed by atoms with Gasteiger partial charge in [0.15, 0.2) is 0 Å². The minimum Gasteiger partial charge on any atom is -0.489 e. The van der Waals surface area contributed by atoms with Crippen molar-refractivity contribution in [2.75, 3.05) is 6.61 Å². The number of esters is 1. The first-order chi connectivity index (χ1) is 14.0. The Morgan fingerprint density at radius 1 is 1.00 bits per heavy atom. The molecule has 2 aromatic rings. The van der Waals surface area contributed by atoms with E-state index in [-0.39, 0.29) is 25.9 Å². The molecule has 0 saturated heterocycles. The highest BCUT2D eigenvalue weighted by Gasteiger charge is 2.19. The minimum absolute atomic E-state index is 0.0477. The van der Waals surface area contributed by atoms with Gasteiger partial charge in [0.2, 0.25) is 11.8 Å². The third-order valence-electron chi connectivity index (χ3n) is 4.13. The Kier molecular flexibility index (Phi) is 8.69. The molecule has 0 aliphatic rings. The largest absolute Gasteiger partial charge is 0.489 e. The predicted octanol–water partition coefficient (Wildman–Crippen LogP) is 2.12. The van der Waals surface area contributed by atoms with Crippen LogP contribution in [0.1, 0.15) is 30.9 Å². The van der Waals surface area contributed by atoms with Crippen LogP contribution in [0.15, 0.2) is 54.6 Å². The monoisotopic (exact) mass is 398 g/mol. The summed E-state index contributed by atoms with van der Waals surface area (Å²) in [7, 11) is 0. The van der Waals surface area contributed by atoms with E-state index < -0.39 is 23.8 Å². The second-order valence-electron chi connectivity index (χ2n) is 6.45. The molecule has 0 aliphatic carbocycles. The number of carbonyl (C=O) groups excluding carboxylic acids is 3. The molecule has 7 nitrogen and oxygen atoms in total. The Hall–Kier alpha value is -3.35. The van der Waals surface area contributed by atoms with Crippen molar-refractivity contribution >= 4 is 17.8 Å². The molecular formula is C22H26N2O5. The van der Waals surface area contributed by atoms with Crippen LogP contribution in [0.3, 0.4) is 0 Å². The standard InChI is InChI=1S/C22H26N2O5/c1-2-28-21(26)12-11-20(25)24-19(22(23)27)14-17-9-6-10-18(13-17)29-15-16-7-4-3-5-8-16/h3-10,13,19H,2,11-12,14-15H2,1H3,(H2,23,27)(H,24,25)/t19-/m1/s1. The average molecular weight is 398 g/mol. The predicted molar refractivity (Wildman–Crippen MR) is 108 cm³/mol. The maximum absolute atomic E-state index is 12.0. The third kappa shape index (κ3) is 8.04. The molecule has 154 valence electrons. The second kappa shape index (κ2) is 11.5. The number of ether oxygens (including phenoxy) is 2. The summed E-state index contributed by atoms with van der Waals surface area (Å²) in [4.78, 5) is 35.1. The maximum Gasteiger partial charge on any atom is 0.306 e. The summed E-state index contributed by atoms with van der Waals surface area (Å²) in [6.45, 7) is 2.37. The lowest BCUT2D eigenvalue weighted by Crippen LogP contribution is -2.45. The van der Waals surface area contributed by atoms with E-state index in [0.29, 0.717) is 12.4 Å². The molecule has 0 fully saturated rings. The van der Waals surface area contributed by atoms with Crippen LogP contribution in [-0.4, -0.2) is 30.4 Å². The first-order valence-electron chi connectivity index (χ1n) is 9.48. The van der Waals surface area contributed by atoms with Crippen molar-refractivity contribution in [3.63, 3.8) is 0 Å². The van der Waals surface area contributed by atoms with Crippen molar-refractivity contribution in [2.45, 2.75) is 38.8 Å². The van der Waals surface area contributed by atoms with Crippen molar-refractivity contribution in [3.8, 4) is 5.75 Å². The van der Waals surface area contributed by atoms with E-state index in [1.54, 1.807) is 6.92 Å². The zero-order valence-corrected chi connectivity index (χ0v) is 16.4. The summed E-state index contributed by atoms with van der Waals surface area (Å²) >= 11 is 0. The Morgan fingerprint density at radius 3 is 2.41 bits per heavy atom. The number of hydrogen-bond acceptors (Lipinski definition) is 5. The Morgan fingerprint density at radius 2 is 1.72 bits per heavy atom. The van der Waals surface area contributed by atoms with Crippen LogP contribution in [0.25, 0.3) is 0 Å². The van der Waals surface area contributed by atoms with Gasteiger partial charge in [0.1, 0.15) is 18.4 Å². The smallest absolute Gasteiger partial charge is 0.306 e. The molecule has 1 atom stereocenters. The highest BCUT2D eigenvalue weighted by molar-refractivity contribution is 5.88. The molecule has 0 aromatic heterocycles. The molecular weight excluding hydrogens is 372 g/mol. The molecule has 29 heavy (non-hydrogen) atoms. The van der Waals surface area contributed by atoms with Crippen molar-refractivity contribution < 1.29 is 23.9 Å². The van der Waals surface area contributed by atoms with Crippen LogP contribution in [0.5, 0.6) is 5.75 Å². The van der Waals surface area contributed by atoms with Gasteiger partial charge in [0.25, 0.3) is 0 Å². The molecule has 0 bridgehead atoms. The molecule has 2 rings (SSSR count). The Balaban J connectivity index is 1.91. The minimum atomic E-state index is -0.880. The first kappa shape index (κ1) is 21.9. The number of carbonyl (C=O) groups is 3. The molecule has 2 aromatic carbocycles. The fraction of sp³-hybridized carbons (Fsp3) is 0.318. The normalized spacial score (nSPS) is 11.3. The Labute approximate surface area is 170 Å². The van der Waals surface area contributed by atoms with E-state index >= 15 is 0 Å². The van der Waals surface area contributed by atoms with E-state index in [9.17, 15) is 14.4 Å². The van der Waals surface area contributed by atoms with Crippen LogP contribution in [0.2, 0.25) is 0 Å². The SMILES string of the molecule is CCOC(=O)CCC(=O)N[C@H](Cc1cccc(OCc2ccccc2)c1)C(N)=O. The number of benzene rings is 2. The zero-order chi connectivity index (χ0) is 21.1. The van der Waals surface area contributed by atoms with Gasteiger partial charge < -0.3 is 20.5 Å². The van der Waals surface area contributed by atoms with Crippen molar-refractivity contribution in [1.82, 2.24) is 5.32 Å². The molecule has 0 heterocycles. The summed E-state index contributed by atoms with van der Waals surface area (Å²) in [5, 5.41) is 2.58. The van der Waals surface area contributed by atoms with E-state index in [1.807, 2.05) is 54.6 Å². The van der Waals surface area contributed by atoms with E-state index in [1.165, 1.54) is 0 Å². The fourth-order valence-electron chi connectivity index (χ4n) is 2.68. The molecule has 3 N–H and O–H groups in total. The van der Waals surface area contributed by atoms with Crippen molar-refractivity contribution in [1.29, 1.82) is 0 Å². The topological polar surface area (TPSA) is 108 Å². The molecule has 7 heteroatoms. The van der Waals surface area contributed by atoms with E-state index in [2.05, 4.69) is 5.32 Å². The molecule has 0 aliphatic heterocycles. The maximum atomic E-state index is 12.0. The number of hydrogen-bond donors (Lipinski definition) is 2. The molecule has 0 unspecified atom stereocenters. The highest BCUT2D eigenvalue weighted by atomic mass is 16.5. The lowest BCUT2D eigenvalue weighted by Gasteiger charge is -2.16. The van der Waals surface area contributed by atoms with Crippen LogP contribution in [0.4, 0.5) is 0 Å². The molecule has 2 amide bonds. The quantitative estimate of drug-likeness (QED) is 0.564. The lowest BCUT2D eigenvalue weighted by atomic mass is 10.0. The summed E-state index contributed by atoms with van der Waals surface area (Å²) in [6.07, 6.45) is 0.111. The molecule has 0 radical (unpaired) electrons. The molecule has 0 spiro atoms. The first-order valence-corrected chi connectivity index (χ1v) is 9.48. The van der Waals surface area contributed by atoms with Gasteiger partial charge in [0, 0.05) is 12.8 Å². The number of rotatable bonds is 11. The third-order valence-corrected chi connectivity index (χ3v) is 4.13. The number of nitrogens with two attached hydrogens (primary N) is 1. The average Bonchev–Trinajstić information content (AvgIpc) is 2.71. The number of primary amides is 1. The van der Waals surface area contributed by atoms with Crippen LogP contribution in [-0.2, 0) is 32.1 Å². The lowest BCUT2D eigenvalue weighted by molar-refractivity contribution is -0.144. The fourth-order valence-corrected chi connectivity index (χ4v) is 2.68. The van der Waals surface area contributed by atoms with E-state index in [0.717, 1.165) is 11.1 Å². The van der Waals surface area contributed by atoms with Crippen molar-refractivity contribution in [2.24, 2.45) is 5.73 Å². The van der Waals surface area contributed by atoms with Crippen LogP contribution < -0.4 is 15.8 Å². The Bertz CT molecular complexity index is 823. The van der Waals surface area contributed by atoms with Gasteiger partial charge in [-0.05, 0) is 30.2 Å². The van der Waals surface area contributed by atoms with Gasteiger partial charge in [-0.2, -0.15) is 0 Å². The van der Waals surface area contributed by atoms with Gasteiger partial charge in [-0.1, -0.05) is 42.5 Å². The van der Waals surface area contributed by atoms with Crippen LogP contribution in [0, 0.1) is 0 Å². The van der Waals surface area contributed by atoms with Gasteiger partial charge in [-0.25, -0.2) is 0 Å². The number of amides is 2. The highest BCUT2D eigenvalue weighted by Crippen LogP contribution is 2.16. The summed E-state index contributed by atoms with van der Waals surface area (Å²) in [5.41, 5.74) is 7.27. The summed E-state index contributed by atoms with van der Waals surface area (Å²) < 4.78 is 10.6. The summed E-state index contributed by atoms with van der Waals surface area (Å²) in [6, 6.07) is 16.2. The van der Waals surface area contributed by atoms with Gasteiger partial charge >= 0.3 is 5.97 Å². The second-order valence-corrected chi connectivity index (χ2v) is 6.45.